The third-order valence-electron chi connectivity index (χ3n) is 3.93. The maximum atomic E-state index is 12.2. The normalized spacial score (nSPS) is 27.4. The van der Waals surface area contributed by atoms with E-state index in [2.05, 4.69) is 11.8 Å². The number of nitrogens with two attached hydrogens (primary N) is 1. The minimum Gasteiger partial charge on any atom is -0.376 e. The molecule has 5 nitrogen and oxygen atoms in total. The summed E-state index contributed by atoms with van der Waals surface area (Å²) in [4.78, 5) is 16.4. The molecule has 0 bridgehead atoms. The minimum absolute atomic E-state index is 0.171. The third kappa shape index (κ3) is 3.43. The molecule has 0 radical (unpaired) electrons. The van der Waals surface area contributed by atoms with Crippen LogP contribution in [0.2, 0.25) is 0 Å². The van der Waals surface area contributed by atoms with Crippen LogP contribution in [0.25, 0.3) is 0 Å². The van der Waals surface area contributed by atoms with Crippen LogP contribution in [0, 0.1) is 0 Å². The van der Waals surface area contributed by atoms with Crippen LogP contribution >= 0.6 is 0 Å². The van der Waals surface area contributed by atoms with E-state index in [0.29, 0.717) is 13.0 Å². The molecule has 0 aliphatic carbocycles. The van der Waals surface area contributed by atoms with E-state index >= 15 is 0 Å². The quantitative estimate of drug-likeness (QED) is 0.771. The van der Waals surface area contributed by atoms with Gasteiger partial charge in [0.1, 0.15) is 0 Å². The first-order chi connectivity index (χ1) is 8.70. The number of hydrogen-bond donors (Lipinski definition) is 1. The predicted octanol–water partition coefficient (Wildman–Crippen LogP) is 0.0469. The fourth-order valence-corrected chi connectivity index (χ4v) is 2.84. The molecule has 2 rings (SSSR count). The molecule has 0 aromatic rings. The lowest BCUT2D eigenvalue weighted by atomic mass is 10.1. The summed E-state index contributed by atoms with van der Waals surface area (Å²) in [5.41, 5.74) is 5.84. The molecule has 18 heavy (non-hydrogen) atoms. The maximum Gasteiger partial charge on any atom is 0.224 e. The zero-order chi connectivity index (χ0) is 13.0. The second-order valence-corrected chi connectivity index (χ2v) is 5.36. The molecule has 2 aliphatic rings. The first-order valence-electron chi connectivity index (χ1n) is 7.04. The van der Waals surface area contributed by atoms with Crippen molar-refractivity contribution in [2.24, 2.45) is 5.73 Å². The van der Waals surface area contributed by atoms with Crippen LogP contribution in [0.15, 0.2) is 0 Å². The number of amides is 1. The van der Waals surface area contributed by atoms with E-state index in [1.807, 2.05) is 4.90 Å². The van der Waals surface area contributed by atoms with Crippen LogP contribution in [0.3, 0.4) is 0 Å². The summed E-state index contributed by atoms with van der Waals surface area (Å²) in [6, 6.07) is 0.171. The molecule has 2 atom stereocenters. The lowest BCUT2D eigenvalue weighted by molar-refractivity contribution is -0.132. The fourth-order valence-electron chi connectivity index (χ4n) is 2.84. The van der Waals surface area contributed by atoms with Gasteiger partial charge in [-0.2, -0.15) is 0 Å². The molecule has 0 aromatic heterocycles. The highest BCUT2D eigenvalue weighted by atomic mass is 16.5. The lowest BCUT2D eigenvalue weighted by Crippen LogP contribution is -2.51. The Morgan fingerprint density at radius 3 is 2.72 bits per heavy atom. The molecule has 104 valence electrons. The molecule has 0 saturated carbocycles. The molecule has 2 fully saturated rings. The van der Waals surface area contributed by atoms with Crippen molar-refractivity contribution in [1.29, 1.82) is 0 Å². The van der Waals surface area contributed by atoms with Crippen molar-refractivity contribution in [1.82, 2.24) is 9.80 Å². The first kappa shape index (κ1) is 13.8. The van der Waals surface area contributed by atoms with Crippen molar-refractivity contribution in [3.63, 3.8) is 0 Å². The summed E-state index contributed by atoms with van der Waals surface area (Å²) in [5, 5.41) is 0. The molecule has 5 heteroatoms. The van der Waals surface area contributed by atoms with E-state index in [4.69, 9.17) is 10.5 Å². The number of hydrogen-bond acceptors (Lipinski definition) is 4. The molecule has 2 heterocycles. The highest BCUT2D eigenvalue weighted by molar-refractivity contribution is 5.77. The van der Waals surface area contributed by atoms with Gasteiger partial charge in [0.2, 0.25) is 5.91 Å². The standard InChI is InChI=1S/C13H25N3O2/c1-11-10-16(6-7-18-11)12(9-14)8-13(17)15-4-2-3-5-15/h11-12H,2-10,14H2,1H3. The average Bonchev–Trinajstić information content (AvgIpc) is 2.89. The Balaban J connectivity index is 1.85. The van der Waals surface area contributed by atoms with Gasteiger partial charge >= 0.3 is 0 Å². The highest BCUT2D eigenvalue weighted by Crippen LogP contribution is 2.14. The molecule has 1 amide bonds. The summed E-state index contributed by atoms with van der Waals surface area (Å²) < 4.78 is 5.53. The van der Waals surface area contributed by atoms with Crippen molar-refractivity contribution in [3.05, 3.63) is 0 Å². The molecule has 2 saturated heterocycles. The number of likely N-dealkylation sites (tertiary alicyclic amines) is 1. The van der Waals surface area contributed by atoms with Crippen molar-refractivity contribution >= 4 is 5.91 Å². The van der Waals surface area contributed by atoms with E-state index < -0.39 is 0 Å². The van der Waals surface area contributed by atoms with E-state index in [-0.39, 0.29) is 18.1 Å². The van der Waals surface area contributed by atoms with Gasteiger partial charge in [0.05, 0.1) is 12.7 Å². The third-order valence-corrected chi connectivity index (χ3v) is 3.93. The second kappa shape index (κ2) is 6.50. The van der Waals surface area contributed by atoms with Crippen LogP contribution in [0.1, 0.15) is 26.2 Å². The summed E-state index contributed by atoms with van der Waals surface area (Å²) >= 11 is 0. The van der Waals surface area contributed by atoms with Gasteiger partial charge in [0, 0.05) is 45.2 Å². The van der Waals surface area contributed by atoms with Gasteiger partial charge in [-0.3, -0.25) is 9.69 Å². The molecule has 2 N–H and O–H groups in total. The summed E-state index contributed by atoms with van der Waals surface area (Å²) in [5.74, 6) is 0.266. The van der Waals surface area contributed by atoms with Gasteiger partial charge in [-0.1, -0.05) is 0 Å². The number of carbonyl (C=O) groups is 1. The van der Waals surface area contributed by atoms with Crippen molar-refractivity contribution < 1.29 is 9.53 Å². The highest BCUT2D eigenvalue weighted by Gasteiger charge is 2.27. The smallest absolute Gasteiger partial charge is 0.224 e. The number of rotatable bonds is 4. The minimum atomic E-state index is 0.171. The van der Waals surface area contributed by atoms with Gasteiger partial charge in [-0.05, 0) is 19.8 Å². The fraction of sp³-hybridized carbons (Fsp3) is 0.923. The largest absolute Gasteiger partial charge is 0.376 e. The van der Waals surface area contributed by atoms with Crippen LogP contribution < -0.4 is 5.73 Å². The van der Waals surface area contributed by atoms with Crippen molar-refractivity contribution in [2.45, 2.75) is 38.3 Å². The molecule has 0 aromatic carbocycles. The Labute approximate surface area is 109 Å². The zero-order valence-corrected chi connectivity index (χ0v) is 11.3. The number of ether oxygens (including phenoxy) is 1. The Kier molecular flexibility index (Phi) is 4.97. The average molecular weight is 255 g/mol. The molecule has 2 aliphatic heterocycles. The number of carbonyl (C=O) groups excluding carboxylic acids is 1. The van der Waals surface area contributed by atoms with Crippen LogP contribution in [0.4, 0.5) is 0 Å². The van der Waals surface area contributed by atoms with E-state index in [9.17, 15) is 4.79 Å². The van der Waals surface area contributed by atoms with Crippen LogP contribution in [0.5, 0.6) is 0 Å². The van der Waals surface area contributed by atoms with Gasteiger partial charge in [-0.25, -0.2) is 0 Å². The van der Waals surface area contributed by atoms with Crippen LogP contribution in [-0.2, 0) is 9.53 Å². The van der Waals surface area contributed by atoms with E-state index in [0.717, 1.165) is 45.6 Å². The van der Waals surface area contributed by atoms with Crippen molar-refractivity contribution in [2.75, 3.05) is 39.3 Å². The SMILES string of the molecule is CC1CN(C(CN)CC(=O)N2CCCC2)CCO1. The van der Waals surface area contributed by atoms with Crippen molar-refractivity contribution in [3.8, 4) is 0 Å². The summed E-state index contributed by atoms with van der Waals surface area (Å²) in [6.45, 7) is 6.99. The predicted molar refractivity (Wildman–Crippen MR) is 70.3 cm³/mol. The molecular formula is C13H25N3O2. The Morgan fingerprint density at radius 1 is 1.39 bits per heavy atom. The molecule has 2 unspecified atom stereocenters. The van der Waals surface area contributed by atoms with Gasteiger partial charge in [-0.15, -0.1) is 0 Å². The Morgan fingerprint density at radius 2 is 2.11 bits per heavy atom. The van der Waals surface area contributed by atoms with Crippen LogP contribution in [-0.4, -0.2) is 67.2 Å². The van der Waals surface area contributed by atoms with Gasteiger partial charge in [0.15, 0.2) is 0 Å². The Bertz CT molecular complexity index is 279. The second-order valence-electron chi connectivity index (χ2n) is 5.36. The number of nitrogens with zero attached hydrogens (tertiary/aromatic N) is 2. The number of morpholine rings is 1. The maximum absolute atomic E-state index is 12.2. The lowest BCUT2D eigenvalue weighted by Gasteiger charge is -2.37. The Hall–Kier alpha value is -0.650. The van der Waals surface area contributed by atoms with E-state index in [1.54, 1.807) is 0 Å². The molecule has 0 spiro atoms. The zero-order valence-electron chi connectivity index (χ0n) is 11.3. The summed E-state index contributed by atoms with van der Waals surface area (Å²) in [7, 11) is 0. The van der Waals surface area contributed by atoms with Gasteiger partial charge < -0.3 is 15.4 Å². The topological polar surface area (TPSA) is 58.8 Å². The monoisotopic (exact) mass is 255 g/mol. The summed E-state index contributed by atoms with van der Waals surface area (Å²) in [6.07, 6.45) is 3.10. The first-order valence-corrected chi connectivity index (χ1v) is 7.04. The molecular weight excluding hydrogens is 230 g/mol. The van der Waals surface area contributed by atoms with E-state index in [1.165, 1.54) is 0 Å². The van der Waals surface area contributed by atoms with Gasteiger partial charge in [0.25, 0.3) is 0 Å².